The minimum atomic E-state index is -0.213. The third-order valence-electron chi connectivity index (χ3n) is 3.68. The number of aromatic nitrogens is 1. The van der Waals surface area contributed by atoms with Gasteiger partial charge in [0.2, 0.25) is 0 Å². The highest BCUT2D eigenvalue weighted by atomic mass is 32.1. The molecule has 1 fully saturated rings. The molecular formula is C16H20FN3S. The van der Waals surface area contributed by atoms with Gasteiger partial charge in [-0.3, -0.25) is 0 Å². The van der Waals surface area contributed by atoms with Gasteiger partial charge in [0.1, 0.15) is 5.82 Å². The van der Waals surface area contributed by atoms with E-state index >= 15 is 0 Å². The SMILES string of the molecule is CCN(c1cccc(F)c1)c1nc(C)c(CNC2CC2)s1. The smallest absolute Gasteiger partial charge is 0.190 e. The Morgan fingerprint density at radius 2 is 2.24 bits per heavy atom. The summed E-state index contributed by atoms with van der Waals surface area (Å²) in [6, 6.07) is 7.38. The second kappa shape index (κ2) is 6.12. The average molecular weight is 305 g/mol. The number of benzene rings is 1. The fraction of sp³-hybridized carbons (Fsp3) is 0.438. The number of thiazole rings is 1. The molecule has 0 spiro atoms. The van der Waals surface area contributed by atoms with Gasteiger partial charge in [0.05, 0.1) is 5.69 Å². The van der Waals surface area contributed by atoms with E-state index in [2.05, 4.69) is 22.1 Å². The number of hydrogen-bond donors (Lipinski definition) is 1. The topological polar surface area (TPSA) is 28.2 Å². The molecule has 21 heavy (non-hydrogen) atoms. The third-order valence-corrected chi connectivity index (χ3v) is 4.86. The van der Waals surface area contributed by atoms with E-state index in [-0.39, 0.29) is 5.82 Å². The number of halogens is 1. The van der Waals surface area contributed by atoms with Gasteiger partial charge >= 0.3 is 0 Å². The Morgan fingerprint density at radius 1 is 1.43 bits per heavy atom. The standard InChI is InChI=1S/C16H20FN3S/c1-3-20(14-6-4-5-12(17)9-14)16-19-11(2)15(21-16)10-18-13-7-8-13/h4-6,9,13,18H,3,7-8,10H2,1-2H3. The van der Waals surface area contributed by atoms with Gasteiger partial charge in [0, 0.05) is 29.7 Å². The van der Waals surface area contributed by atoms with E-state index in [4.69, 9.17) is 0 Å². The number of nitrogens with one attached hydrogen (secondary N) is 1. The zero-order valence-corrected chi connectivity index (χ0v) is 13.2. The monoisotopic (exact) mass is 305 g/mol. The fourth-order valence-corrected chi connectivity index (χ4v) is 3.39. The number of anilines is 2. The van der Waals surface area contributed by atoms with E-state index in [1.165, 1.54) is 23.8 Å². The first-order chi connectivity index (χ1) is 10.2. The largest absolute Gasteiger partial charge is 0.318 e. The molecular weight excluding hydrogens is 285 g/mol. The summed E-state index contributed by atoms with van der Waals surface area (Å²) in [5, 5.41) is 4.46. The molecule has 0 bridgehead atoms. The zero-order chi connectivity index (χ0) is 14.8. The summed E-state index contributed by atoms with van der Waals surface area (Å²) in [4.78, 5) is 8.00. The van der Waals surface area contributed by atoms with Crippen LogP contribution < -0.4 is 10.2 Å². The van der Waals surface area contributed by atoms with Crippen molar-refractivity contribution in [2.45, 2.75) is 39.3 Å². The minimum absolute atomic E-state index is 0.213. The van der Waals surface area contributed by atoms with Crippen LogP contribution in [-0.4, -0.2) is 17.6 Å². The highest BCUT2D eigenvalue weighted by Crippen LogP contribution is 2.32. The molecule has 1 aromatic heterocycles. The quantitative estimate of drug-likeness (QED) is 0.874. The molecule has 0 aliphatic heterocycles. The molecule has 1 saturated carbocycles. The normalized spacial score (nSPS) is 14.4. The first kappa shape index (κ1) is 14.5. The van der Waals surface area contributed by atoms with Crippen molar-refractivity contribution in [2.24, 2.45) is 0 Å². The summed E-state index contributed by atoms with van der Waals surface area (Å²) < 4.78 is 13.4. The third kappa shape index (κ3) is 3.41. The van der Waals surface area contributed by atoms with Crippen molar-refractivity contribution in [3.8, 4) is 0 Å². The molecule has 3 rings (SSSR count). The number of rotatable bonds is 6. The molecule has 1 aromatic carbocycles. The summed E-state index contributed by atoms with van der Waals surface area (Å²) in [7, 11) is 0. The van der Waals surface area contributed by atoms with Gasteiger partial charge in [-0.25, -0.2) is 9.37 Å². The molecule has 5 heteroatoms. The lowest BCUT2D eigenvalue weighted by Crippen LogP contribution is -2.15. The molecule has 1 aliphatic carbocycles. The Kier molecular flexibility index (Phi) is 4.22. The summed E-state index contributed by atoms with van der Waals surface area (Å²) in [5.41, 5.74) is 1.92. The van der Waals surface area contributed by atoms with Gasteiger partial charge in [0.25, 0.3) is 0 Å². The molecule has 0 atom stereocenters. The fourth-order valence-electron chi connectivity index (χ4n) is 2.29. The average Bonchev–Trinajstić information content (AvgIpc) is 3.22. The van der Waals surface area contributed by atoms with Crippen molar-refractivity contribution in [3.63, 3.8) is 0 Å². The van der Waals surface area contributed by atoms with Crippen LogP contribution in [0.3, 0.4) is 0 Å². The van der Waals surface area contributed by atoms with Crippen LogP contribution in [0.4, 0.5) is 15.2 Å². The molecule has 1 aliphatic rings. The zero-order valence-electron chi connectivity index (χ0n) is 12.4. The van der Waals surface area contributed by atoms with Gasteiger partial charge in [-0.05, 0) is 44.9 Å². The van der Waals surface area contributed by atoms with Crippen molar-refractivity contribution in [3.05, 3.63) is 40.7 Å². The number of aryl methyl sites for hydroxylation is 1. The van der Waals surface area contributed by atoms with Crippen molar-refractivity contribution in [2.75, 3.05) is 11.4 Å². The van der Waals surface area contributed by atoms with E-state index < -0.39 is 0 Å². The maximum absolute atomic E-state index is 13.4. The lowest BCUT2D eigenvalue weighted by atomic mass is 10.3. The molecule has 112 valence electrons. The van der Waals surface area contributed by atoms with Crippen LogP contribution in [-0.2, 0) is 6.54 Å². The van der Waals surface area contributed by atoms with Gasteiger partial charge in [-0.1, -0.05) is 17.4 Å². The maximum atomic E-state index is 13.4. The Hall–Kier alpha value is -1.46. The first-order valence-electron chi connectivity index (χ1n) is 7.40. The number of hydrogen-bond acceptors (Lipinski definition) is 4. The molecule has 0 unspecified atom stereocenters. The minimum Gasteiger partial charge on any atom is -0.318 e. The number of nitrogens with zero attached hydrogens (tertiary/aromatic N) is 2. The second-order valence-corrected chi connectivity index (χ2v) is 6.45. The van der Waals surface area contributed by atoms with E-state index in [9.17, 15) is 4.39 Å². The molecule has 0 saturated heterocycles. The summed E-state index contributed by atoms with van der Waals surface area (Å²) in [6.07, 6.45) is 2.57. The van der Waals surface area contributed by atoms with Crippen LogP contribution in [0, 0.1) is 12.7 Å². The molecule has 0 radical (unpaired) electrons. The van der Waals surface area contributed by atoms with Gasteiger partial charge in [0.15, 0.2) is 5.13 Å². The van der Waals surface area contributed by atoms with E-state index in [1.54, 1.807) is 23.5 Å². The molecule has 1 N–H and O–H groups in total. The van der Waals surface area contributed by atoms with Crippen LogP contribution in [0.1, 0.15) is 30.3 Å². The van der Waals surface area contributed by atoms with Crippen LogP contribution in [0.15, 0.2) is 24.3 Å². The predicted molar refractivity (Wildman–Crippen MR) is 85.8 cm³/mol. The molecule has 3 nitrogen and oxygen atoms in total. The summed E-state index contributed by atoms with van der Waals surface area (Å²) in [6.45, 7) is 5.76. The Morgan fingerprint density at radius 3 is 2.90 bits per heavy atom. The van der Waals surface area contributed by atoms with Crippen LogP contribution in [0.25, 0.3) is 0 Å². The van der Waals surface area contributed by atoms with E-state index in [1.807, 2.05) is 13.0 Å². The second-order valence-electron chi connectivity index (χ2n) is 5.38. The highest BCUT2D eigenvalue weighted by Gasteiger charge is 2.21. The lowest BCUT2D eigenvalue weighted by molar-refractivity contribution is 0.627. The van der Waals surface area contributed by atoms with E-state index in [0.29, 0.717) is 6.04 Å². The van der Waals surface area contributed by atoms with Gasteiger partial charge in [-0.2, -0.15) is 0 Å². The molecule has 1 heterocycles. The Balaban J connectivity index is 1.81. The summed E-state index contributed by atoms with van der Waals surface area (Å²) >= 11 is 1.69. The Bertz CT molecular complexity index is 622. The van der Waals surface area contributed by atoms with Crippen molar-refractivity contribution < 1.29 is 4.39 Å². The van der Waals surface area contributed by atoms with E-state index in [0.717, 1.165) is 29.6 Å². The van der Waals surface area contributed by atoms with Crippen molar-refractivity contribution in [1.29, 1.82) is 0 Å². The summed E-state index contributed by atoms with van der Waals surface area (Å²) in [5.74, 6) is -0.213. The van der Waals surface area contributed by atoms with Gasteiger partial charge < -0.3 is 10.2 Å². The van der Waals surface area contributed by atoms with Crippen molar-refractivity contribution in [1.82, 2.24) is 10.3 Å². The molecule has 2 aromatic rings. The Labute approximate surface area is 128 Å². The van der Waals surface area contributed by atoms with Gasteiger partial charge in [-0.15, -0.1) is 0 Å². The first-order valence-corrected chi connectivity index (χ1v) is 8.22. The van der Waals surface area contributed by atoms with Crippen LogP contribution in [0.5, 0.6) is 0 Å². The molecule has 0 amide bonds. The maximum Gasteiger partial charge on any atom is 0.190 e. The lowest BCUT2D eigenvalue weighted by Gasteiger charge is -2.19. The van der Waals surface area contributed by atoms with Crippen LogP contribution in [0.2, 0.25) is 0 Å². The van der Waals surface area contributed by atoms with Crippen molar-refractivity contribution >= 4 is 22.2 Å². The predicted octanol–water partition coefficient (Wildman–Crippen LogP) is 4.00. The highest BCUT2D eigenvalue weighted by molar-refractivity contribution is 7.15. The van der Waals surface area contributed by atoms with Crippen LogP contribution >= 0.6 is 11.3 Å².